The molecule has 1 unspecified atom stereocenters. The predicted molar refractivity (Wildman–Crippen MR) is 64.2 cm³/mol. The zero-order valence-electron chi connectivity index (χ0n) is 10.0. The fraction of sp³-hybridized carbons (Fsp3) is 0.818. The van der Waals surface area contributed by atoms with Crippen LogP contribution in [0.4, 0.5) is 0 Å². The molecule has 0 saturated heterocycles. The van der Waals surface area contributed by atoms with Gasteiger partial charge >= 0.3 is 0 Å². The van der Waals surface area contributed by atoms with Crippen molar-refractivity contribution >= 4 is 11.9 Å². The van der Waals surface area contributed by atoms with Gasteiger partial charge in [0.1, 0.15) is 0 Å². The molecule has 0 rings (SSSR count). The zero-order chi connectivity index (χ0) is 11.0. The smallest absolute Gasteiger partial charge is 0.0749 e. The molecule has 0 amide bonds. The summed E-state index contributed by atoms with van der Waals surface area (Å²) in [6.07, 6.45) is 4.11. The first kappa shape index (κ1) is 13.1. The summed E-state index contributed by atoms with van der Waals surface area (Å²) in [5.41, 5.74) is 3.67. The molecular formula is C11H23N3. The molecule has 0 radical (unpaired) electrons. The first-order chi connectivity index (χ1) is 6.60. The third kappa shape index (κ3) is 6.63. The molecule has 0 aliphatic carbocycles. The zero-order valence-corrected chi connectivity index (χ0v) is 10.0. The van der Waals surface area contributed by atoms with E-state index in [1.807, 2.05) is 13.1 Å². The average Bonchev–Trinajstić information content (AvgIpc) is 2.12. The highest BCUT2D eigenvalue weighted by Gasteiger charge is 2.05. The van der Waals surface area contributed by atoms with Gasteiger partial charge in [-0.2, -0.15) is 5.10 Å². The number of nitrogens with one attached hydrogen (secondary N) is 1. The maximum absolute atomic E-state index is 4.51. The fourth-order valence-corrected chi connectivity index (χ4v) is 1.30. The lowest BCUT2D eigenvalue weighted by Crippen LogP contribution is -2.10. The largest absolute Gasteiger partial charge is 0.313 e. The summed E-state index contributed by atoms with van der Waals surface area (Å²) in [5, 5.41) is 4.03. The van der Waals surface area contributed by atoms with Crippen molar-refractivity contribution in [2.24, 2.45) is 16.0 Å². The molecule has 0 fully saturated rings. The van der Waals surface area contributed by atoms with E-state index in [1.54, 1.807) is 7.05 Å². The summed E-state index contributed by atoms with van der Waals surface area (Å²) in [5.74, 6) is 0.707. The third-order valence-electron chi connectivity index (χ3n) is 1.98. The van der Waals surface area contributed by atoms with Gasteiger partial charge in [0.05, 0.1) is 5.71 Å². The molecule has 14 heavy (non-hydrogen) atoms. The Balaban J connectivity index is 4.09. The van der Waals surface area contributed by atoms with Crippen LogP contribution in [0.1, 0.15) is 40.5 Å². The molecular weight excluding hydrogens is 174 g/mol. The van der Waals surface area contributed by atoms with E-state index >= 15 is 0 Å². The lowest BCUT2D eigenvalue weighted by atomic mass is 10.0. The van der Waals surface area contributed by atoms with Crippen molar-refractivity contribution in [2.45, 2.75) is 46.6 Å². The van der Waals surface area contributed by atoms with Gasteiger partial charge in [0.2, 0.25) is 0 Å². The Hall–Kier alpha value is -0.860. The topological polar surface area (TPSA) is 36.8 Å². The van der Waals surface area contributed by atoms with Crippen molar-refractivity contribution in [1.82, 2.24) is 5.43 Å². The molecule has 82 valence electrons. The Kier molecular flexibility index (Phi) is 7.07. The van der Waals surface area contributed by atoms with Crippen LogP contribution in [0, 0.1) is 5.92 Å². The molecule has 3 heteroatoms. The molecule has 0 spiro atoms. The van der Waals surface area contributed by atoms with Gasteiger partial charge < -0.3 is 5.43 Å². The number of hydrogen-bond donors (Lipinski definition) is 1. The summed E-state index contributed by atoms with van der Waals surface area (Å²) >= 11 is 0. The highest BCUT2D eigenvalue weighted by molar-refractivity contribution is 6.29. The summed E-state index contributed by atoms with van der Waals surface area (Å²) in [7, 11) is 1.79. The van der Waals surface area contributed by atoms with Gasteiger partial charge in [-0.05, 0) is 25.7 Å². The molecule has 0 aliphatic heterocycles. The molecule has 1 atom stereocenters. The molecule has 0 aliphatic rings. The number of rotatable bonds is 6. The van der Waals surface area contributed by atoms with E-state index in [9.17, 15) is 0 Å². The Bertz CT molecular complexity index is 195. The van der Waals surface area contributed by atoms with Crippen LogP contribution in [-0.2, 0) is 0 Å². The molecule has 1 N–H and O–H groups in total. The van der Waals surface area contributed by atoms with Gasteiger partial charge in [0.15, 0.2) is 0 Å². The standard InChI is InChI=1S/C11H23N3/c1-6-11(7-9(2)3)13-8-10(4)14-12-5/h8-9,11-12H,6-7H2,1-5H3. The van der Waals surface area contributed by atoms with Crippen LogP contribution in [0.5, 0.6) is 0 Å². The summed E-state index contributed by atoms with van der Waals surface area (Å²) in [4.78, 5) is 4.51. The maximum atomic E-state index is 4.51. The number of aliphatic imine (C=N–C) groups is 1. The van der Waals surface area contributed by atoms with Crippen LogP contribution in [0.3, 0.4) is 0 Å². The second-order valence-corrected chi connectivity index (χ2v) is 3.95. The SMILES string of the molecule is CCC(CC(C)C)N=CC(C)=NNC. The van der Waals surface area contributed by atoms with E-state index in [0.717, 1.165) is 18.6 Å². The Morgan fingerprint density at radius 2 is 2.07 bits per heavy atom. The number of hydrogen-bond acceptors (Lipinski definition) is 3. The van der Waals surface area contributed by atoms with Crippen LogP contribution in [0.25, 0.3) is 0 Å². The summed E-state index contributed by atoms with van der Waals surface area (Å²) in [6, 6.07) is 0.442. The van der Waals surface area contributed by atoms with E-state index < -0.39 is 0 Å². The number of hydrazone groups is 1. The third-order valence-corrected chi connectivity index (χ3v) is 1.98. The molecule has 0 heterocycles. The summed E-state index contributed by atoms with van der Waals surface area (Å²) < 4.78 is 0. The monoisotopic (exact) mass is 197 g/mol. The Morgan fingerprint density at radius 1 is 1.43 bits per heavy atom. The van der Waals surface area contributed by atoms with Gasteiger partial charge in [0.25, 0.3) is 0 Å². The van der Waals surface area contributed by atoms with Gasteiger partial charge in [-0.3, -0.25) is 4.99 Å². The first-order valence-electron chi connectivity index (χ1n) is 5.34. The molecule has 0 saturated carbocycles. The van der Waals surface area contributed by atoms with Gasteiger partial charge in [-0.1, -0.05) is 20.8 Å². The van der Waals surface area contributed by atoms with Crippen molar-refractivity contribution in [1.29, 1.82) is 0 Å². The van der Waals surface area contributed by atoms with Gasteiger partial charge in [0, 0.05) is 19.3 Å². The van der Waals surface area contributed by atoms with Gasteiger partial charge in [-0.15, -0.1) is 0 Å². The van der Waals surface area contributed by atoms with Crippen LogP contribution >= 0.6 is 0 Å². The van der Waals surface area contributed by atoms with Crippen molar-refractivity contribution in [3.63, 3.8) is 0 Å². The summed E-state index contributed by atoms with van der Waals surface area (Å²) in [6.45, 7) is 8.58. The lowest BCUT2D eigenvalue weighted by molar-refractivity contribution is 0.489. The van der Waals surface area contributed by atoms with Crippen LogP contribution < -0.4 is 5.43 Å². The number of nitrogens with zero attached hydrogens (tertiary/aromatic N) is 2. The van der Waals surface area contributed by atoms with E-state index in [-0.39, 0.29) is 0 Å². The van der Waals surface area contributed by atoms with Crippen molar-refractivity contribution < 1.29 is 0 Å². The van der Waals surface area contributed by atoms with Crippen molar-refractivity contribution in [3.8, 4) is 0 Å². The molecule has 0 aromatic rings. The quantitative estimate of drug-likeness (QED) is 0.515. The lowest BCUT2D eigenvalue weighted by Gasteiger charge is -2.11. The van der Waals surface area contributed by atoms with Crippen LogP contribution in [0.15, 0.2) is 10.1 Å². The molecule has 0 bridgehead atoms. The minimum Gasteiger partial charge on any atom is -0.313 e. The van der Waals surface area contributed by atoms with Crippen molar-refractivity contribution in [3.05, 3.63) is 0 Å². The first-order valence-corrected chi connectivity index (χ1v) is 5.34. The van der Waals surface area contributed by atoms with E-state index in [4.69, 9.17) is 0 Å². The molecule has 0 aromatic heterocycles. The fourth-order valence-electron chi connectivity index (χ4n) is 1.30. The second-order valence-electron chi connectivity index (χ2n) is 3.95. The maximum Gasteiger partial charge on any atom is 0.0749 e. The van der Waals surface area contributed by atoms with E-state index in [1.165, 1.54) is 0 Å². The Labute approximate surface area is 87.7 Å². The van der Waals surface area contributed by atoms with Gasteiger partial charge in [-0.25, -0.2) is 0 Å². The minimum absolute atomic E-state index is 0.442. The van der Waals surface area contributed by atoms with Crippen LogP contribution in [-0.4, -0.2) is 25.0 Å². The minimum atomic E-state index is 0.442. The molecule has 0 aromatic carbocycles. The normalized spacial score (nSPS) is 15.1. The predicted octanol–water partition coefficient (Wildman–Crippen LogP) is 2.48. The van der Waals surface area contributed by atoms with Crippen LogP contribution in [0.2, 0.25) is 0 Å². The van der Waals surface area contributed by atoms with Crippen molar-refractivity contribution in [2.75, 3.05) is 7.05 Å². The highest BCUT2D eigenvalue weighted by Crippen LogP contribution is 2.10. The molecule has 3 nitrogen and oxygen atoms in total. The average molecular weight is 197 g/mol. The van der Waals surface area contributed by atoms with E-state index in [0.29, 0.717) is 12.0 Å². The highest BCUT2D eigenvalue weighted by atomic mass is 15.3. The Morgan fingerprint density at radius 3 is 2.50 bits per heavy atom. The second kappa shape index (κ2) is 7.54. The van der Waals surface area contributed by atoms with E-state index in [2.05, 4.69) is 36.3 Å².